The van der Waals surface area contributed by atoms with Gasteiger partial charge in [0.25, 0.3) is 0 Å². The lowest BCUT2D eigenvalue weighted by molar-refractivity contribution is 0.287. The van der Waals surface area contributed by atoms with Crippen molar-refractivity contribution in [2.75, 3.05) is 6.26 Å². The Bertz CT molecular complexity index is 1480. The van der Waals surface area contributed by atoms with E-state index in [2.05, 4.69) is 34.1 Å². The van der Waals surface area contributed by atoms with Crippen LogP contribution in [0.15, 0.2) is 94.3 Å². The minimum absolute atomic E-state index is 0.169. The standard InChI is InChI=1S/C28H25BrClNO4S/c1-36(32,33)23-11-5-7-19(13-23)17-34-26-15-27(25(30)14-22(26)16-31)35-18-21-10-6-12-24(28(21)29)20-8-3-2-4-9-20/h2-15H,16-18,31H2,1H3. The average Bonchev–Trinajstić information content (AvgIpc) is 2.88. The average molecular weight is 587 g/mol. The van der Waals surface area contributed by atoms with Crippen LogP contribution in [0.3, 0.4) is 0 Å². The van der Waals surface area contributed by atoms with Crippen molar-refractivity contribution >= 4 is 37.4 Å². The molecule has 0 saturated heterocycles. The summed E-state index contributed by atoms with van der Waals surface area (Å²) in [6, 6.07) is 26.2. The van der Waals surface area contributed by atoms with Crippen molar-refractivity contribution < 1.29 is 17.9 Å². The van der Waals surface area contributed by atoms with E-state index in [1.54, 1.807) is 36.4 Å². The number of rotatable bonds is 9. The predicted molar refractivity (Wildman–Crippen MR) is 147 cm³/mol. The second-order valence-corrected chi connectivity index (χ2v) is 11.5. The van der Waals surface area contributed by atoms with Crippen LogP contribution in [0.2, 0.25) is 5.02 Å². The van der Waals surface area contributed by atoms with Gasteiger partial charge in [0.15, 0.2) is 9.84 Å². The molecule has 0 aliphatic rings. The first-order chi connectivity index (χ1) is 17.3. The summed E-state index contributed by atoms with van der Waals surface area (Å²) in [7, 11) is -3.31. The maximum absolute atomic E-state index is 11.9. The summed E-state index contributed by atoms with van der Waals surface area (Å²) in [6.45, 7) is 0.685. The Morgan fingerprint density at radius 1 is 0.833 bits per heavy atom. The van der Waals surface area contributed by atoms with Gasteiger partial charge in [0.05, 0.1) is 9.92 Å². The third-order valence-corrected chi connectivity index (χ3v) is 7.94. The maximum atomic E-state index is 11.9. The number of benzene rings is 4. The molecule has 0 fully saturated rings. The van der Waals surface area contributed by atoms with Gasteiger partial charge >= 0.3 is 0 Å². The molecule has 0 unspecified atom stereocenters. The van der Waals surface area contributed by atoms with E-state index in [-0.39, 0.29) is 18.0 Å². The summed E-state index contributed by atoms with van der Waals surface area (Å²) in [5.41, 5.74) is 10.5. The number of hydrogen-bond donors (Lipinski definition) is 1. The van der Waals surface area contributed by atoms with Gasteiger partial charge in [-0.1, -0.05) is 72.3 Å². The molecule has 0 radical (unpaired) electrons. The predicted octanol–water partition coefficient (Wildman–Crippen LogP) is 6.79. The van der Waals surface area contributed by atoms with Crippen molar-refractivity contribution in [3.63, 3.8) is 0 Å². The van der Waals surface area contributed by atoms with Crippen LogP contribution in [0.5, 0.6) is 11.5 Å². The van der Waals surface area contributed by atoms with E-state index in [1.165, 1.54) is 6.26 Å². The first kappa shape index (κ1) is 26.2. The van der Waals surface area contributed by atoms with E-state index in [1.807, 2.05) is 30.3 Å². The van der Waals surface area contributed by atoms with Crippen molar-refractivity contribution in [3.8, 4) is 22.6 Å². The lowest BCUT2D eigenvalue weighted by Gasteiger charge is -2.16. The van der Waals surface area contributed by atoms with E-state index in [0.29, 0.717) is 23.1 Å². The SMILES string of the molecule is CS(=O)(=O)c1cccc(COc2cc(OCc3cccc(-c4ccccc4)c3Br)c(Cl)cc2CN)c1. The molecule has 0 spiro atoms. The van der Waals surface area contributed by atoms with Gasteiger partial charge in [-0.05, 0) is 50.8 Å². The second-order valence-electron chi connectivity index (χ2n) is 8.24. The van der Waals surface area contributed by atoms with Crippen molar-refractivity contribution in [1.29, 1.82) is 0 Å². The van der Waals surface area contributed by atoms with Gasteiger partial charge in [-0.15, -0.1) is 0 Å². The number of hydrogen-bond acceptors (Lipinski definition) is 5. The summed E-state index contributed by atoms with van der Waals surface area (Å²) in [4.78, 5) is 0.242. The van der Waals surface area contributed by atoms with Crippen LogP contribution >= 0.6 is 27.5 Å². The first-order valence-corrected chi connectivity index (χ1v) is 14.2. The Balaban J connectivity index is 1.53. The number of nitrogens with two attached hydrogens (primary N) is 1. The largest absolute Gasteiger partial charge is 0.488 e. The molecular formula is C28H25BrClNO4S. The molecule has 4 aromatic rings. The third-order valence-electron chi connectivity index (χ3n) is 5.60. The van der Waals surface area contributed by atoms with E-state index in [9.17, 15) is 8.42 Å². The van der Waals surface area contributed by atoms with Crippen LogP contribution in [0.25, 0.3) is 11.1 Å². The van der Waals surface area contributed by atoms with Crippen LogP contribution in [-0.2, 0) is 29.6 Å². The van der Waals surface area contributed by atoms with E-state index >= 15 is 0 Å². The normalized spacial score (nSPS) is 11.3. The van der Waals surface area contributed by atoms with Crippen molar-refractivity contribution in [2.24, 2.45) is 5.73 Å². The summed E-state index contributed by atoms with van der Waals surface area (Å²) >= 11 is 10.2. The fourth-order valence-corrected chi connectivity index (χ4v) is 5.23. The summed E-state index contributed by atoms with van der Waals surface area (Å²) < 4.78 is 36.8. The van der Waals surface area contributed by atoms with Crippen molar-refractivity contribution in [1.82, 2.24) is 0 Å². The highest BCUT2D eigenvalue weighted by Crippen LogP contribution is 2.36. The number of halogens is 2. The lowest BCUT2D eigenvalue weighted by atomic mass is 10.0. The van der Waals surface area contributed by atoms with Crippen LogP contribution < -0.4 is 15.2 Å². The van der Waals surface area contributed by atoms with Gasteiger partial charge in [-0.25, -0.2) is 8.42 Å². The summed E-state index contributed by atoms with van der Waals surface area (Å²) in [6.07, 6.45) is 1.18. The molecule has 36 heavy (non-hydrogen) atoms. The molecule has 4 rings (SSSR count). The van der Waals surface area contributed by atoms with Crippen molar-refractivity contribution in [2.45, 2.75) is 24.7 Å². The van der Waals surface area contributed by atoms with E-state index in [4.69, 9.17) is 26.8 Å². The molecule has 0 aliphatic carbocycles. The molecule has 0 aliphatic heterocycles. The molecule has 5 nitrogen and oxygen atoms in total. The van der Waals surface area contributed by atoms with Crippen LogP contribution in [-0.4, -0.2) is 14.7 Å². The van der Waals surface area contributed by atoms with Crippen LogP contribution in [0.1, 0.15) is 16.7 Å². The highest BCUT2D eigenvalue weighted by atomic mass is 79.9. The van der Waals surface area contributed by atoms with Gasteiger partial charge in [-0.2, -0.15) is 0 Å². The molecule has 8 heteroatoms. The van der Waals surface area contributed by atoms with Gasteiger partial charge in [0, 0.05) is 34.5 Å². The molecule has 186 valence electrons. The maximum Gasteiger partial charge on any atom is 0.175 e. The quantitative estimate of drug-likeness (QED) is 0.234. The van der Waals surface area contributed by atoms with Gasteiger partial charge in [-0.3, -0.25) is 0 Å². The van der Waals surface area contributed by atoms with Crippen LogP contribution in [0.4, 0.5) is 0 Å². The Hall–Kier alpha value is -2.84. The molecule has 0 bridgehead atoms. The highest BCUT2D eigenvalue weighted by molar-refractivity contribution is 9.10. The van der Waals surface area contributed by atoms with E-state index in [0.717, 1.165) is 32.3 Å². The zero-order valence-corrected chi connectivity index (χ0v) is 22.7. The first-order valence-electron chi connectivity index (χ1n) is 11.2. The second kappa shape index (κ2) is 11.5. The number of ether oxygens (including phenoxy) is 2. The molecule has 0 atom stereocenters. The Morgan fingerprint density at radius 3 is 2.28 bits per heavy atom. The van der Waals surface area contributed by atoms with Crippen molar-refractivity contribution in [3.05, 3.63) is 111 Å². The van der Waals surface area contributed by atoms with Gasteiger partial charge in [0.2, 0.25) is 0 Å². The van der Waals surface area contributed by atoms with Gasteiger partial charge in [0.1, 0.15) is 24.7 Å². The minimum Gasteiger partial charge on any atom is -0.488 e. The fraction of sp³-hybridized carbons (Fsp3) is 0.143. The molecular weight excluding hydrogens is 562 g/mol. The molecule has 4 aromatic carbocycles. The number of sulfone groups is 1. The smallest absolute Gasteiger partial charge is 0.175 e. The lowest BCUT2D eigenvalue weighted by Crippen LogP contribution is -2.05. The summed E-state index contributed by atoms with van der Waals surface area (Å²) in [5.74, 6) is 0.990. The molecule has 2 N–H and O–H groups in total. The Labute approximate surface area is 224 Å². The third kappa shape index (κ3) is 6.28. The zero-order chi connectivity index (χ0) is 25.7. The van der Waals surface area contributed by atoms with Gasteiger partial charge < -0.3 is 15.2 Å². The summed E-state index contributed by atoms with van der Waals surface area (Å²) in [5, 5.41) is 0.428. The molecule has 0 heterocycles. The zero-order valence-electron chi connectivity index (χ0n) is 19.6. The monoisotopic (exact) mass is 585 g/mol. The fourth-order valence-electron chi connectivity index (χ4n) is 3.69. The van der Waals surface area contributed by atoms with Crippen LogP contribution in [0, 0.1) is 0 Å². The Kier molecular flexibility index (Phi) is 8.36. The Morgan fingerprint density at radius 2 is 1.56 bits per heavy atom. The molecule has 0 saturated carbocycles. The molecule has 0 aromatic heterocycles. The highest BCUT2D eigenvalue weighted by Gasteiger charge is 2.14. The topological polar surface area (TPSA) is 78.6 Å². The molecule has 0 amide bonds. The van der Waals surface area contributed by atoms with E-state index < -0.39 is 9.84 Å². The minimum atomic E-state index is -3.31.